The lowest BCUT2D eigenvalue weighted by atomic mass is 10.0. The highest BCUT2D eigenvalue weighted by Gasteiger charge is 2.05. The molecule has 0 saturated heterocycles. The van der Waals surface area contributed by atoms with Crippen molar-refractivity contribution in [3.8, 4) is 16.9 Å². The quantitative estimate of drug-likeness (QED) is 0.767. The van der Waals surface area contributed by atoms with Gasteiger partial charge in [-0.05, 0) is 30.2 Å². The van der Waals surface area contributed by atoms with Crippen LogP contribution in [0.15, 0.2) is 42.5 Å². The number of phenolic OH excluding ortho intramolecular Hbond substituents is 1. The van der Waals surface area contributed by atoms with Crippen molar-refractivity contribution in [2.45, 2.75) is 6.92 Å². The SMILES string of the molecule is Cc1cccc(-c2cccc(O)c2)c1Cl. The third-order valence-electron chi connectivity index (χ3n) is 2.35. The van der Waals surface area contributed by atoms with Crippen LogP contribution in [-0.4, -0.2) is 5.11 Å². The first kappa shape index (κ1) is 10.1. The third-order valence-corrected chi connectivity index (χ3v) is 2.85. The van der Waals surface area contributed by atoms with E-state index in [0.29, 0.717) is 0 Å². The minimum Gasteiger partial charge on any atom is -0.508 e. The summed E-state index contributed by atoms with van der Waals surface area (Å²) in [6, 6.07) is 13.0. The summed E-state index contributed by atoms with van der Waals surface area (Å²) in [4.78, 5) is 0. The van der Waals surface area contributed by atoms with Crippen molar-refractivity contribution in [3.05, 3.63) is 53.1 Å². The molecule has 76 valence electrons. The van der Waals surface area contributed by atoms with Gasteiger partial charge in [-0.15, -0.1) is 0 Å². The van der Waals surface area contributed by atoms with E-state index in [9.17, 15) is 5.11 Å². The summed E-state index contributed by atoms with van der Waals surface area (Å²) in [6.07, 6.45) is 0. The minimum atomic E-state index is 0.255. The summed E-state index contributed by atoms with van der Waals surface area (Å²) >= 11 is 6.20. The summed E-state index contributed by atoms with van der Waals surface area (Å²) < 4.78 is 0. The molecular weight excluding hydrogens is 208 g/mol. The van der Waals surface area contributed by atoms with Gasteiger partial charge in [0, 0.05) is 5.56 Å². The largest absolute Gasteiger partial charge is 0.508 e. The van der Waals surface area contributed by atoms with E-state index in [0.717, 1.165) is 21.7 Å². The number of benzene rings is 2. The molecule has 0 aliphatic heterocycles. The molecule has 0 unspecified atom stereocenters. The van der Waals surface area contributed by atoms with Crippen LogP contribution in [0.1, 0.15) is 5.56 Å². The molecule has 2 aromatic rings. The molecule has 0 atom stereocenters. The topological polar surface area (TPSA) is 20.2 Å². The second kappa shape index (κ2) is 3.95. The zero-order valence-electron chi connectivity index (χ0n) is 8.37. The van der Waals surface area contributed by atoms with Gasteiger partial charge in [-0.1, -0.05) is 41.9 Å². The van der Waals surface area contributed by atoms with Crippen LogP contribution < -0.4 is 0 Å². The van der Waals surface area contributed by atoms with Gasteiger partial charge in [0.1, 0.15) is 5.75 Å². The third kappa shape index (κ3) is 1.97. The zero-order chi connectivity index (χ0) is 10.8. The Morgan fingerprint density at radius 3 is 2.53 bits per heavy atom. The van der Waals surface area contributed by atoms with E-state index in [1.165, 1.54) is 0 Å². The van der Waals surface area contributed by atoms with E-state index >= 15 is 0 Å². The monoisotopic (exact) mass is 218 g/mol. The van der Waals surface area contributed by atoms with E-state index in [2.05, 4.69) is 0 Å². The summed E-state index contributed by atoms with van der Waals surface area (Å²) in [5.41, 5.74) is 2.92. The number of rotatable bonds is 1. The maximum Gasteiger partial charge on any atom is 0.116 e. The van der Waals surface area contributed by atoms with Crippen molar-refractivity contribution >= 4 is 11.6 Å². The predicted molar refractivity (Wildman–Crippen MR) is 63.3 cm³/mol. The zero-order valence-corrected chi connectivity index (χ0v) is 9.12. The second-order valence-electron chi connectivity index (χ2n) is 3.49. The van der Waals surface area contributed by atoms with Crippen molar-refractivity contribution in [3.63, 3.8) is 0 Å². The van der Waals surface area contributed by atoms with Crippen LogP contribution in [0.25, 0.3) is 11.1 Å². The first-order valence-corrected chi connectivity index (χ1v) is 5.11. The van der Waals surface area contributed by atoms with Crippen LogP contribution in [-0.2, 0) is 0 Å². The fraction of sp³-hybridized carbons (Fsp3) is 0.0769. The van der Waals surface area contributed by atoms with Crippen molar-refractivity contribution in [2.75, 3.05) is 0 Å². The smallest absolute Gasteiger partial charge is 0.116 e. The lowest BCUT2D eigenvalue weighted by Crippen LogP contribution is -1.82. The molecule has 0 spiro atoms. The maximum atomic E-state index is 9.39. The highest BCUT2D eigenvalue weighted by molar-refractivity contribution is 6.34. The highest BCUT2D eigenvalue weighted by Crippen LogP contribution is 2.31. The lowest BCUT2D eigenvalue weighted by Gasteiger charge is -2.06. The predicted octanol–water partition coefficient (Wildman–Crippen LogP) is 4.02. The summed E-state index contributed by atoms with van der Waals surface area (Å²) in [6.45, 7) is 1.97. The van der Waals surface area contributed by atoms with Crippen LogP contribution in [0, 0.1) is 6.92 Å². The lowest BCUT2D eigenvalue weighted by molar-refractivity contribution is 0.475. The molecule has 0 saturated carbocycles. The molecule has 0 radical (unpaired) electrons. The molecule has 2 rings (SSSR count). The molecule has 1 nitrogen and oxygen atoms in total. The molecule has 0 aromatic heterocycles. The Balaban J connectivity index is 2.59. The van der Waals surface area contributed by atoms with E-state index in [1.54, 1.807) is 12.1 Å². The normalized spacial score (nSPS) is 10.3. The Kier molecular flexibility index (Phi) is 2.65. The van der Waals surface area contributed by atoms with Gasteiger partial charge in [0.05, 0.1) is 5.02 Å². The van der Waals surface area contributed by atoms with Crippen LogP contribution in [0.4, 0.5) is 0 Å². The molecule has 0 fully saturated rings. The van der Waals surface area contributed by atoms with Crippen molar-refractivity contribution in [2.24, 2.45) is 0 Å². The van der Waals surface area contributed by atoms with E-state index in [1.807, 2.05) is 37.3 Å². The van der Waals surface area contributed by atoms with Crippen molar-refractivity contribution in [1.82, 2.24) is 0 Å². The van der Waals surface area contributed by atoms with Gasteiger partial charge in [0.25, 0.3) is 0 Å². The maximum absolute atomic E-state index is 9.39. The molecule has 0 heterocycles. The Morgan fingerprint density at radius 2 is 1.80 bits per heavy atom. The summed E-state index contributed by atoms with van der Waals surface area (Å²) in [5.74, 6) is 0.255. The van der Waals surface area contributed by atoms with Crippen LogP contribution in [0.2, 0.25) is 5.02 Å². The van der Waals surface area contributed by atoms with Gasteiger partial charge >= 0.3 is 0 Å². The Labute approximate surface area is 94.0 Å². The second-order valence-corrected chi connectivity index (χ2v) is 3.86. The van der Waals surface area contributed by atoms with Crippen LogP contribution >= 0.6 is 11.6 Å². The van der Waals surface area contributed by atoms with Gasteiger partial charge in [-0.2, -0.15) is 0 Å². The van der Waals surface area contributed by atoms with Crippen LogP contribution in [0.3, 0.4) is 0 Å². The minimum absolute atomic E-state index is 0.255. The van der Waals surface area contributed by atoms with Gasteiger partial charge in [-0.3, -0.25) is 0 Å². The Morgan fingerprint density at radius 1 is 1.07 bits per heavy atom. The Bertz CT molecular complexity index is 492. The summed E-state index contributed by atoms with van der Waals surface area (Å²) in [7, 11) is 0. The fourth-order valence-electron chi connectivity index (χ4n) is 1.54. The van der Waals surface area contributed by atoms with Crippen LogP contribution in [0.5, 0.6) is 5.75 Å². The summed E-state index contributed by atoms with van der Waals surface area (Å²) in [5, 5.41) is 10.1. The van der Waals surface area contributed by atoms with E-state index in [-0.39, 0.29) is 5.75 Å². The molecule has 0 amide bonds. The van der Waals surface area contributed by atoms with Crippen molar-refractivity contribution < 1.29 is 5.11 Å². The fourth-order valence-corrected chi connectivity index (χ4v) is 1.78. The van der Waals surface area contributed by atoms with E-state index < -0.39 is 0 Å². The molecule has 0 aliphatic carbocycles. The molecule has 0 aliphatic rings. The number of halogens is 1. The average Bonchev–Trinajstić information content (AvgIpc) is 2.22. The number of hydrogen-bond donors (Lipinski definition) is 1. The van der Waals surface area contributed by atoms with Gasteiger partial charge in [0.15, 0.2) is 0 Å². The number of aromatic hydroxyl groups is 1. The van der Waals surface area contributed by atoms with E-state index in [4.69, 9.17) is 11.6 Å². The Hall–Kier alpha value is -1.47. The standard InChI is InChI=1S/C13H11ClO/c1-9-4-2-7-12(13(9)14)10-5-3-6-11(15)8-10/h2-8,15H,1H3. The molecule has 15 heavy (non-hydrogen) atoms. The number of aryl methyl sites for hydroxylation is 1. The van der Waals surface area contributed by atoms with Gasteiger partial charge in [-0.25, -0.2) is 0 Å². The number of phenols is 1. The molecule has 1 N–H and O–H groups in total. The van der Waals surface area contributed by atoms with Gasteiger partial charge in [0.2, 0.25) is 0 Å². The molecular formula is C13H11ClO. The number of hydrogen-bond acceptors (Lipinski definition) is 1. The molecule has 2 aromatic carbocycles. The molecule has 0 bridgehead atoms. The first-order chi connectivity index (χ1) is 7.18. The van der Waals surface area contributed by atoms with Gasteiger partial charge < -0.3 is 5.11 Å². The average molecular weight is 219 g/mol. The first-order valence-electron chi connectivity index (χ1n) is 4.73. The highest BCUT2D eigenvalue weighted by atomic mass is 35.5. The molecule has 2 heteroatoms. The van der Waals surface area contributed by atoms with Crippen molar-refractivity contribution in [1.29, 1.82) is 0 Å².